The average molecular weight is 293 g/mol. The summed E-state index contributed by atoms with van der Waals surface area (Å²) in [5.41, 5.74) is 6.13. The summed E-state index contributed by atoms with van der Waals surface area (Å²) in [5, 5.41) is 12.9. The Morgan fingerprint density at radius 1 is 1.33 bits per heavy atom. The monoisotopic (exact) mass is 293 g/mol. The van der Waals surface area contributed by atoms with Gasteiger partial charge in [-0.2, -0.15) is 4.98 Å². The molecular formula is C16H27N3O2. The topological polar surface area (TPSA) is 80.4 Å². The number of pyridine rings is 1. The van der Waals surface area contributed by atoms with Gasteiger partial charge in [-0.25, -0.2) is 0 Å². The molecule has 1 aromatic rings. The van der Waals surface area contributed by atoms with Gasteiger partial charge in [-0.1, -0.05) is 12.8 Å². The van der Waals surface area contributed by atoms with E-state index >= 15 is 0 Å². The normalized spacial score (nSPS) is 22.9. The van der Waals surface area contributed by atoms with E-state index in [0.717, 1.165) is 18.7 Å². The molecule has 5 heteroatoms. The van der Waals surface area contributed by atoms with Crippen LogP contribution in [0.4, 0.5) is 11.5 Å². The lowest BCUT2D eigenvalue weighted by Crippen LogP contribution is -2.34. The van der Waals surface area contributed by atoms with Crippen LogP contribution in [0, 0.1) is 5.92 Å². The molecule has 5 nitrogen and oxygen atoms in total. The van der Waals surface area contributed by atoms with E-state index in [9.17, 15) is 5.11 Å². The van der Waals surface area contributed by atoms with Crippen LogP contribution in [0.2, 0.25) is 0 Å². The predicted octanol–water partition coefficient (Wildman–Crippen LogP) is 2.80. The number of anilines is 2. The molecule has 1 aliphatic rings. The van der Waals surface area contributed by atoms with Crippen molar-refractivity contribution in [2.45, 2.75) is 58.1 Å². The summed E-state index contributed by atoms with van der Waals surface area (Å²) in [7, 11) is 0. The van der Waals surface area contributed by atoms with Crippen molar-refractivity contribution in [1.29, 1.82) is 0 Å². The van der Waals surface area contributed by atoms with Crippen molar-refractivity contribution in [2.24, 2.45) is 5.92 Å². The summed E-state index contributed by atoms with van der Waals surface area (Å²) in [6.45, 7) is 6.13. The number of nitrogens with two attached hydrogens (primary N) is 1. The minimum Gasteiger partial charge on any atom is -0.470 e. The summed E-state index contributed by atoms with van der Waals surface area (Å²) in [6, 6.07) is 3.95. The number of aliphatic hydroxyl groups excluding tert-OH is 1. The van der Waals surface area contributed by atoms with E-state index in [2.05, 4.69) is 10.3 Å². The van der Waals surface area contributed by atoms with Crippen molar-refractivity contribution in [3.63, 3.8) is 0 Å². The second kappa shape index (κ2) is 6.52. The van der Waals surface area contributed by atoms with Gasteiger partial charge < -0.3 is 20.9 Å². The van der Waals surface area contributed by atoms with Crippen LogP contribution >= 0.6 is 0 Å². The van der Waals surface area contributed by atoms with E-state index in [1.165, 1.54) is 12.8 Å². The SMILES string of the molecule is CC(C)(C)Oc1nc(NC2CCCCC2CO)ccc1N. The summed E-state index contributed by atoms with van der Waals surface area (Å²) >= 11 is 0. The molecule has 1 fully saturated rings. The fourth-order valence-corrected chi connectivity index (χ4v) is 2.71. The molecular weight excluding hydrogens is 266 g/mol. The van der Waals surface area contributed by atoms with Crippen molar-refractivity contribution in [3.8, 4) is 5.88 Å². The third-order valence-corrected chi connectivity index (χ3v) is 3.77. The van der Waals surface area contributed by atoms with Crippen molar-refractivity contribution >= 4 is 11.5 Å². The first-order chi connectivity index (χ1) is 9.89. The quantitative estimate of drug-likeness (QED) is 0.795. The average Bonchev–Trinajstić information content (AvgIpc) is 2.41. The number of nitrogens with one attached hydrogen (secondary N) is 1. The van der Waals surface area contributed by atoms with Crippen LogP contribution < -0.4 is 15.8 Å². The molecule has 1 heterocycles. The Morgan fingerprint density at radius 2 is 2.05 bits per heavy atom. The second-order valence-corrected chi connectivity index (χ2v) is 6.78. The van der Waals surface area contributed by atoms with Crippen LogP contribution in [0.1, 0.15) is 46.5 Å². The molecule has 0 radical (unpaired) electrons. The molecule has 0 amide bonds. The number of ether oxygens (including phenoxy) is 1. The Balaban J connectivity index is 2.11. The van der Waals surface area contributed by atoms with E-state index in [1.54, 1.807) is 0 Å². The van der Waals surface area contributed by atoms with E-state index in [0.29, 0.717) is 17.5 Å². The van der Waals surface area contributed by atoms with Crippen LogP contribution in [0.15, 0.2) is 12.1 Å². The molecule has 1 saturated carbocycles. The maximum absolute atomic E-state index is 9.49. The van der Waals surface area contributed by atoms with Gasteiger partial charge in [-0.15, -0.1) is 0 Å². The summed E-state index contributed by atoms with van der Waals surface area (Å²) < 4.78 is 5.79. The Morgan fingerprint density at radius 3 is 2.71 bits per heavy atom. The molecule has 0 saturated heterocycles. The molecule has 1 aromatic heterocycles. The zero-order valence-corrected chi connectivity index (χ0v) is 13.2. The minimum absolute atomic E-state index is 0.220. The van der Waals surface area contributed by atoms with E-state index in [1.807, 2.05) is 32.9 Å². The van der Waals surface area contributed by atoms with Gasteiger partial charge in [0.1, 0.15) is 11.4 Å². The highest BCUT2D eigenvalue weighted by molar-refractivity contribution is 5.54. The first-order valence-corrected chi connectivity index (χ1v) is 7.72. The standard InChI is InChI=1S/C16H27N3O2/c1-16(2,3)21-15-12(17)8-9-14(19-15)18-13-7-5-4-6-11(13)10-20/h8-9,11,13,20H,4-7,10,17H2,1-3H3,(H,18,19). The molecule has 0 aliphatic heterocycles. The molecule has 2 rings (SSSR count). The molecule has 21 heavy (non-hydrogen) atoms. The highest BCUT2D eigenvalue weighted by atomic mass is 16.5. The summed E-state index contributed by atoms with van der Waals surface area (Å²) in [5.74, 6) is 1.52. The fourth-order valence-electron chi connectivity index (χ4n) is 2.71. The number of rotatable bonds is 4. The molecule has 2 unspecified atom stereocenters. The van der Waals surface area contributed by atoms with Gasteiger partial charge >= 0.3 is 0 Å². The maximum Gasteiger partial charge on any atom is 0.239 e. The lowest BCUT2D eigenvalue weighted by molar-refractivity contribution is 0.125. The first kappa shape index (κ1) is 15.9. The highest BCUT2D eigenvalue weighted by Gasteiger charge is 2.25. The van der Waals surface area contributed by atoms with Crippen molar-refractivity contribution in [1.82, 2.24) is 4.98 Å². The lowest BCUT2D eigenvalue weighted by atomic mass is 9.85. The highest BCUT2D eigenvalue weighted by Crippen LogP contribution is 2.29. The largest absolute Gasteiger partial charge is 0.470 e. The van der Waals surface area contributed by atoms with Crippen LogP contribution in [0.25, 0.3) is 0 Å². The third-order valence-electron chi connectivity index (χ3n) is 3.77. The molecule has 2 atom stereocenters. The molecule has 0 bridgehead atoms. The third kappa shape index (κ3) is 4.49. The van der Waals surface area contributed by atoms with Gasteiger partial charge in [-0.05, 0) is 45.7 Å². The van der Waals surface area contributed by atoms with E-state index in [-0.39, 0.29) is 18.2 Å². The smallest absolute Gasteiger partial charge is 0.239 e. The van der Waals surface area contributed by atoms with Crippen LogP contribution in [-0.2, 0) is 0 Å². The molecule has 4 N–H and O–H groups in total. The number of hydrogen-bond acceptors (Lipinski definition) is 5. The Hall–Kier alpha value is -1.49. The van der Waals surface area contributed by atoms with Crippen LogP contribution in [0.5, 0.6) is 5.88 Å². The number of aromatic nitrogens is 1. The van der Waals surface area contributed by atoms with E-state index in [4.69, 9.17) is 10.5 Å². The van der Waals surface area contributed by atoms with Crippen molar-refractivity contribution in [3.05, 3.63) is 12.1 Å². The predicted molar refractivity (Wildman–Crippen MR) is 85.5 cm³/mol. The van der Waals surface area contributed by atoms with Gasteiger partial charge in [0.2, 0.25) is 5.88 Å². The fraction of sp³-hybridized carbons (Fsp3) is 0.688. The number of nitrogen functional groups attached to an aromatic ring is 1. The Labute approximate surface area is 126 Å². The molecule has 118 valence electrons. The first-order valence-electron chi connectivity index (χ1n) is 7.72. The van der Waals surface area contributed by atoms with Gasteiger partial charge in [0, 0.05) is 18.6 Å². The zero-order chi connectivity index (χ0) is 15.5. The maximum atomic E-state index is 9.49. The Kier molecular flexibility index (Phi) is 4.93. The minimum atomic E-state index is -0.335. The van der Waals surface area contributed by atoms with Gasteiger partial charge in [0.15, 0.2) is 0 Å². The summed E-state index contributed by atoms with van der Waals surface area (Å²) in [4.78, 5) is 4.48. The molecule has 0 spiro atoms. The van der Waals surface area contributed by atoms with Gasteiger partial charge in [0.25, 0.3) is 0 Å². The van der Waals surface area contributed by atoms with Crippen LogP contribution in [-0.4, -0.2) is 28.3 Å². The summed E-state index contributed by atoms with van der Waals surface area (Å²) in [6.07, 6.45) is 4.51. The number of aliphatic hydroxyl groups is 1. The van der Waals surface area contributed by atoms with Crippen molar-refractivity contribution in [2.75, 3.05) is 17.7 Å². The van der Waals surface area contributed by atoms with Crippen molar-refractivity contribution < 1.29 is 9.84 Å². The van der Waals surface area contributed by atoms with Gasteiger partial charge in [-0.3, -0.25) is 0 Å². The number of hydrogen-bond donors (Lipinski definition) is 3. The number of nitrogens with zero attached hydrogens (tertiary/aromatic N) is 1. The molecule has 1 aliphatic carbocycles. The van der Waals surface area contributed by atoms with Crippen LogP contribution in [0.3, 0.4) is 0 Å². The zero-order valence-electron chi connectivity index (χ0n) is 13.2. The second-order valence-electron chi connectivity index (χ2n) is 6.78. The Bertz CT molecular complexity index is 471. The van der Waals surface area contributed by atoms with E-state index < -0.39 is 0 Å². The van der Waals surface area contributed by atoms with Gasteiger partial charge in [0.05, 0.1) is 5.69 Å². The molecule has 0 aromatic carbocycles. The lowest BCUT2D eigenvalue weighted by Gasteiger charge is -2.31.